The third kappa shape index (κ3) is 5.75. The number of hydrogen-bond acceptors (Lipinski definition) is 5. The molecule has 0 radical (unpaired) electrons. The summed E-state index contributed by atoms with van der Waals surface area (Å²) in [6.07, 6.45) is 3.83. The summed E-state index contributed by atoms with van der Waals surface area (Å²) in [5, 5.41) is 8.75. The lowest BCUT2D eigenvalue weighted by molar-refractivity contribution is 0.239. The summed E-state index contributed by atoms with van der Waals surface area (Å²) in [6.45, 7) is 0.328. The molecular weight excluding hydrogens is 459 g/mol. The Morgan fingerprint density at radius 3 is 2.36 bits per heavy atom. The topological polar surface area (TPSA) is 101 Å². The van der Waals surface area contributed by atoms with Crippen LogP contribution in [0.25, 0.3) is 22.4 Å². The Morgan fingerprint density at radius 1 is 1.00 bits per heavy atom. The predicted octanol–water partition coefficient (Wildman–Crippen LogP) is 3.60. The van der Waals surface area contributed by atoms with Crippen molar-refractivity contribution in [2.45, 2.75) is 12.5 Å². The number of pyridine rings is 1. The number of halogens is 1. The van der Waals surface area contributed by atoms with Gasteiger partial charge in [-0.05, 0) is 41.8 Å². The second kappa shape index (κ2) is 11.3. The van der Waals surface area contributed by atoms with Gasteiger partial charge in [0, 0.05) is 38.6 Å². The van der Waals surface area contributed by atoms with Crippen molar-refractivity contribution in [1.82, 2.24) is 25.2 Å². The third-order valence-electron chi connectivity index (χ3n) is 5.77. The number of nitrogens with one attached hydrogen (secondary N) is 3. The summed E-state index contributed by atoms with van der Waals surface area (Å²) < 4.78 is 15.0. The zero-order valence-corrected chi connectivity index (χ0v) is 20.0. The number of carbonyl (C=O) groups excluding carboxylic acids is 1. The molecule has 36 heavy (non-hydrogen) atoms. The highest BCUT2D eigenvalue weighted by Gasteiger charge is 2.19. The van der Waals surface area contributed by atoms with Crippen molar-refractivity contribution in [2.24, 2.45) is 7.05 Å². The first-order chi connectivity index (χ1) is 17.5. The molecule has 0 spiro atoms. The number of hydrogen-bond donors (Lipinski definition) is 3. The Morgan fingerprint density at radius 2 is 1.69 bits per heavy atom. The fourth-order valence-electron chi connectivity index (χ4n) is 3.90. The van der Waals surface area contributed by atoms with Gasteiger partial charge in [0.2, 0.25) is 5.95 Å². The molecule has 0 aliphatic rings. The first kappa shape index (κ1) is 24.6. The minimum Gasteiger partial charge on any atom is -0.353 e. The van der Waals surface area contributed by atoms with Gasteiger partial charge in [0.1, 0.15) is 5.82 Å². The molecule has 3 N–H and O–H groups in total. The highest BCUT2D eigenvalue weighted by Crippen LogP contribution is 2.28. The third-order valence-corrected chi connectivity index (χ3v) is 5.77. The Labute approximate surface area is 208 Å². The van der Waals surface area contributed by atoms with Crippen molar-refractivity contribution >= 4 is 12.0 Å². The van der Waals surface area contributed by atoms with Gasteiger partial charge in [-0.15, -0.1) is 0 Å². The molecule has 184 valence electrons. The average Bonchev–Trinajstić information content (AvgIpc) is 2.91. The summed E-state index contributed by atoms with van der Waals surface area (Å²) in [5.41, 5.74) is 2.85. The summed E-state index contributed by atoms with van der Waals surface area (Å²) in [7, 11) is 3.18. The second-order valence-corrected chi connectivity index (χ2v) is 8.26. The lowest BCUT2D eigenvalue weighted by Crippen LogP contribution is -2.45. The quantitative estimate of drug-likeness (QED) is 0.353. The number of benzene rings is 2. The van der Waals surface area contributed by atoms with Crippen LogP contribution in [0.1, 0.15) is 5.56 Å². The van der Waals surface area contributed by atoms with E-state index in [2.05, 4.69) is 20.9 Å². The van der Waals surface area contributed by atoms with E-state index in [0.717, 1.165) is 5.56 Å². The molecule has 2 aromatic heterocycles. The molecule has 2 amide bonds. The van der Waals surface area contributed by atoms with Crippen LogP contribution in [0.2, 0.25) is 0 Å². The molecule has 0 saturated carbocycles. The molecule has 2 heterocycles. The second-order valence-electron chi connectivity index (χ2n) is 8.26. The smallest absolute Gasteiger partial charge is 0.314 e. The van der Waals surface area contributed by atoms with E-state index in [1.54, 1.807) is 50.8 Å². The Bertz CT molecular complexity index is 1380. The fraction of sp³-hybridized carbons (Fsp3) is 0.185. The van der Waals surface area contributed by atoms with Crippen molar-refractivity contribution in [3.8, 4) is 22.4 Å². The Hall–Kier alpha value is -4.53. The van der Waals surface area contributed by atoms with Crippen molar-refractivity contribution in [1.29, 1.82) is 0 Å². The molecule has 2 aromatic carbocycles. The largest absolute Gasteiger partial charge is 0.353 e. The summed E-state index contributed by atoms with van der Waals surface area (Å²) in [4.78, 5) is 34.4. The molecular formula is C27H27FN6O2. The van der Waals surface area contributed by atoms with E-state index >= 15 is 0 Å². The molecule has 1 atom stereocenters. The number of anilines is 1. The first-order valence-electron chi connectivity index (χ1n) is 11.5. The van der Waals surface area contributed by atoms with Crippen molar-refractivity contribution in [3.05, 3.63) is 101 Å². The maximum absolute atomic E-state index is 13.6. The minimum atomic E-state index is -0.389. The van der Waals surface area contributed by atoms with Crippen LogP contribution < -0.4 is 21.5 Å². The van der Waals surface area contributed by atoms with Crippen LogP contribution in [0.3, 0.4) is 0 Å². The molecule has 8 nitrogen and oxygen atoms in total. The number of nitrogens with zero attached hydrogens (tertiary/aromatic N) is 3. The molecule has 0 fully saturated rings. The lowest BCUT2D eigenvalue weighted by atomic mass is 10.0. The zero-order valence-electron chi connectivity index (χ0n) is 20.0. The highest BCUT2D eigenvalue weighted by molar-refractivity contribution is 5.80. The maximum atomic E-state index is 13.6. The minimum absolute atomic E-state index is 0.273. The van der Waals surface area contributed by atoms with Gasteiger partial charge in [-0.1, -0.05) is 42.5 Å². The number of urea groups is 1. The summed E-state index contributed by atoms with van der Waals surface area (Å²) >= 11 is 0. The molecule has 0 aliphatic heterocycles. The van der Waals surface area contributed by atoms with Gasteiger partial charge < -0.3 is 16.0 Å². The van der Waals surface area contributed by atoms with Gasteiger partial charge in [-0.25, -0.2) is 14.2 Å². The average molecular weight is 487 g/mol. The summed E-state index contributed by atoms with van der Waals surface area (Å²) in [6, 6.07) is 18.5. The molecule has 0 saturated heterocycles. The van der Waals surface area contributed by atoms with Gasteiger partial charge in [-0.2, -0.15) is 0 Å². The first-order valence-corrected chi connectivity index (χ1v) is 11.5. The predicted molar refractivity (Wildman–Crippen MR) is 138 cm³/mol. The molecule has 4 rings (SSSR count). The Balaban J connectivity index is 1.70. The number of aromatic nitrogens is 3. The van der Waals surface area contributed by atoms with Crippen LogP contribution in [-0.2, 0) is 13.5 Å². The van der Waals surface area contributed by atoms with Gasteiger partial charge in [-0.3, -0.25) is 14.3 Å². The molecule has 0 bridgehead atoms. The van der Waals surface area contributed by atoms with Crippen LogP contribution in [0.15, 0.2) is 83.9 Å². The van der Waals surface area contributed by atoms with Crippen LogP contribution in [-0.4, -0.2) is 40.2 Å². The molecule has 9 heteroatoms. The maximum Gasteiger partial charge on any atom is 0.314 e. The van der Waals surface area contributed by atoms with E-state index in [4.69, 9.17) is 4.98 Å². The van der Waals surface area contributed by atoms with Crippen LogP contribution in [0, 0.1) is 5.82 Å². The van der Waals surface area contributed by atoms with Crippen molar-refractivity contribution < 1.29 is 9.18 Å². The number of carbonyl (C=O) groups is 1. The summed E-state index contributed by atoms with van der Waals surface area (Å²) in [5.74, 6) is -0.0465. The van der Waals surface area contributed by atoms with E-state index in [1.165, 1.54) is 16.7 Å². The van der Waals surface area contributed by atoms with Gasteiger partial charge in [0.05, 0.1) is 17.3 Å². The lowest BCUT2D eigenvalue weighted by Gasteiger charge is -2.21. The van der Waals surface area contributed by atoms with Crippen molar-refractivity contribution in [3.63, 3.8) is 0 Å². The van der Waals surface area contributed by atoms with Gasteiger partial charge in [0.15, 0.2) is 0 Å². The monoisotopic (exact) mass is 486 g/mol. The van der Waals surface area contributed by atoms with Crippen LogP contribution >= 0.6 is 0 Å². The van der Waals surface area contributed by atoms with E-state index < -0.39 is 0 Å². The molecule has 4 aromatic rings. The highest BCUT2D eigenvalue weighted by atomic mass is 19.1. The van der Waals surface area contributed by atoms with E-state index in [9.17, 15) is 14.0 Å². The van der Waals surface area contributed by atoms with E-state index in [-0.39, 0.29) is 23.4 Å². The SMILES string of the molecule is CNC(=O)N[C@H](CNc1nc(-c2ccncc2)c(-c2ccc(F)cc2)c(=O)n1C)Cc1ccccc1. The van der Waals surface area contributed by atoms with Gasteiger partial charge >= 0.3 is 6.03 Å². The van der Waals surface area contributed by atoms with Crippen LogP contribution in [0.4, 0.5) is 15.1 Å². The van der Waals surface area contributed by atoms with Gasteiger partial charge in [0.25, 0.3) is 5.56 Å². The zero-order chi connectivity index (χ0) is 25.5. The fourth-order valence-corrected chi connectivity index (χ4v) is 3.90. The number of amides is 2. The molecule has 0 aliphatic carbocycles. The molecule has 0 unspecified atom stereocenters. The normalized spacial score (nSPS) is 11.5. The number of rotatable bonds is 8. The van der Waals surface area contributed by atoms with Crippen molar-refractivity contribution in [2.75, 3.05) is 18.9 Å². The van der Waals surface area contributed by atoms with Crippen LogP contribution in [0.5, 0.6) is 0 Å². The van der Waals surface area contributed by atoms with E-state index in [0.29, 0.717) is 41.3 Å². The standard InChI is InChI=1S/C27H27FN6O2/c1-29-27(36)32-22(16-18-6-4-3-5-7-18)17-31-26-33-24(20-12-14-30-15-13-20)23(25(35)34(26)2)19-8-10-21(28)11-9-19/h3-15,22H,16-17H2,1-2H3,(H,31,33)(H2,29,32,36)/t22-/m0/s1. The van der Waals surface area contributed by atoms with E-state index in [1.807, 2.05) is 30.3 Å². The Kier molecular flexibility index (Phi) is 7.69.